The molecule has 0 radical (unpaired) electrons. The lowest BCUT2D eigenvalue weighted by atomic mass is 9.75. The smallest absolute Gasteiger partial charge is 0.329 e. The normalized spacial score (nSPS) is 30.5. The fourth-order valence-corrected chi connectivity index (χ4v) is 3.61. The summed E-state index contributed by atoms with van der Waals surface area (Å²) < 4.78 is 5.75. The molecule has 0 aliphatic carbocycles. The molecular formula is C16H22N2O3. The number of hydrogen-bond donors (Lipinski definition) is 1. The summed E-state index contributed by atoms with van der Waals surface area (Å²) in [5.74, 6) is -0.152. The van der Waals surface area contributed by atoms with Crippen LogP contribution in [0.4, 0.5) is 0 Å². The van der Waals surface area contributed by atoms with E-state index in [1.165, 1.54) is 0 Å². The van der Waals surface area contributed by atoms with Gasteiger partial charge in [0.15, 0.2) is 5.54 Å². The maximum absolute atomic E-state index is 12.3. The van der Waals surface area contributed by atoms with Crippen molar-refractivity contribution in [2.75, 3.05) is 39.8 Å². The number of likely N-dealkylation sites (N-methyl/N-ethyl adjacent to an activating group) is 1. The number of piperazine rings is 1. The molecule has 0 spiro atoms. The number of fused-ring (bicyclic) bond motifs is 1. The summed E-state index contributed by atoms with van der Waals surface area (Å²) in [5.41, 5.74) is -0.184. The van der Waals surface area contributed by atoms with Crippen LogP contribution < -0.4 is 4.74 Å². The van der Waals surface area contributed by atoms with Gasteiger partial charge in [-0.1, -0.05) is 25.1 Å². The minimum Gasteiger partial charge on any atom is -0.493 e. The molecule has 2 unspecified atom stereocenters. The second-order valence-electron chi connectivity index (χ2n) is 6.07. The van der Waals surface area contributed by atoms with E-state index in [0.717, 1.165) is 31.7 Å². The number of ether oxygens (including phenoxy) is 1. The van der Waals surface area contributed by atoms with Crippen LogP contribution in [0, 0.1) is 5.92 Å². The molecule has 0 amide bonds. The summed E-state index contributed by atoms with van der Waals surface area (Å²) >= 11 is 0. The first-order valence-electron chi connectivity index (χ1n) is 7.46. The lowest BCUT2D eigenvalue weighted by molar-refractivity contribution is -0.161. The molecule has 1 aromatic rings. The zero-order chi connectivity index (χ0) is 15.0. The van der Waals surface area contributed by atoms with E-state index in [9.17, 15) is 9.90 Å². The highest BCUT2D eigenvalue weighted by atomic mass is 16.5. The highest BCUT2D eigenvalue weighted by Crippen LogP contribution is 2.45. The molecule has 1 saturated heterocycles. The number of aliphatic carboxylic acids is 1. The van der Waals surface area contributed by atoms with Gasteiger partial charge in [0.25, 0.3) is 0 Å². The Balaban J connectivity index is 2.10. The van der Waals surface area contributed by atoms with Crippen LogP contribution in [-0.4, -0.2) is 60.7 Å². The fourth-order valence-electron chi connectivity index (χ4n) is 3.61. The molecule has 0 aromatic heterocycles. The van der Waals surface area contributed by atoms with Crippen molar-refractivity contribution in [3.8, 4) is 5.75 Å². The van der Waals surface area contributed by atoms with Crippen LogP contribution in [-0.2, 0) is 10.3 Å². The average Bonchev–Trinajstić information content (AvgIpc) is 2.48. The summed E-state index contributed by atoms with van der Waals surface area (Å²) in [6, 6.07) is 7.56. The monoisotopic (exact) mass is 290 g/mol. The number of hydrogen-bond acceptors (Lipinski definition) is 4. The first kappa shape index (κ1) is 14.4. The molecule has 5 nitrogen and oxygen atoms in total. The van der Waals surface area contributed by atoms with E-state index in [1.54, 1.807) is 0 Å². The van der Waals surface area contributed by atoms with Crippen LogP contribution in [0.25, 0.3) is 0 Å². The average molecular weight is 290 g/mol. The van der Waals surface area contributed by atoms with Crippen LogP contribution >= 0.6 is 0 Å². The summed E-state index contributed by atoms with van der Waals surface area (Å²) in [6.07, 6.45) is 0. The van der Waals surface area contributed by atoms with E-state index in [0.29, 0.717) is 12.4 Å². The molecule has 2 atom stereocenters. The zero-order valence-corrected chi connectivity index (χ0v) is 12.6. The van der Waals surface area contributed by atoms with Gasteiger partial charge in [-0.05, 0) is 13.1 Å². The number of carboxylic acids is 1. The minimum absolute atomic E-state index is 0.0895. The quantitative estimate of drug-likeness (QED) is 0.888. The lowest BCUT2D eigenvalue weighted by Crippen LogP contribution is -2.63. The van der Waals surface area contributed by atoms with Gasteiger partial charge in [0.05, 0.1) is 6.61 Å². The van der Waals surface area contributed by atoms with Crippen molar-refractivity contribution in [1.82, 2.24) is 9.80 Å². The predicted octanol–water partition coefficient (Wildman–Crippen LogP) is 1.24. The highest BCUT2D eigenvalue weighted by molar-refractivity contribution is 5.83. The topological polar surface area (TPSA) is 53.0 Å². The van der Waals surface area contributed by atoms with Crippen LogP contribution in [0.15, 0.2) is 24.3 Å². The number of nitrogens with zero attached hydrogens (tertiary/aromatic N) is 2. The molecule has 0 bridgehead atoms. The number of benzene rings is 1. The van der Waals surface area contributed by atoms with Gasteiger partial charge in [-0.15, -0.1) is 0 Å². The molecule has 1 aromatic carbocycles. The van der Waals surface area contributed by atoms with Crippen molar-refractivity contribution < 1.29 is 14.6 Å². The van der Waals surface area contributed by atoms with Gasteiger partial charge in [0.1, 0.15) is 5.75 Å². The molecule has 2 aliphatic heterocycles. The van der Waals surface area contributed by atoms with Gasteiger partial charge in [-0.2, -0.15) is 0 Å². The molecule has 1 fully saturated rings. The molecule has 2 aliphatic rings. The third kappa shape index (κ3) is 2.12. The van der Waals surface area contributed by atoms with Gasteiger partial charge in [0, 0.05) is 37.7 Å². The summed E-state index contributed by atoms with van der Waals surface area (Å²) in [4.78, 5) is 16.7. The first-order valence-corrected chi connectivity index (χ1v) is 7.46. The molecule has 2 heterocycles. The molecule has 3 rings (SSSR count). The van der Waals surface area contributed by atoms with Crippen LogP contribution in [0.2, 0.25) is 0 Å². The van der Waals surface area contributed by atoms with Crippen LogP contribution in [0.3, 0.4) is 0 Å². The summed E-state index contributed by atoms with van der Waals surface area (Å²) in [7, 11) is 2.08. The van der Waals surface area contributed by atoms with Crippen molar-refractivity contribution in [3.63, 3.8) is 0 Å². The molecule has 5 heteroatoms. The highest BCUT2D eigenvalue weighted by Gasteiger charge is 2.54. The van der Waals surface area contributed by atoms with Crippen molar-refractivity contribution >= 4 is 5.97 Å². The third-order valence-corrected chi connectivity index (χ3v) is 4.83. The lowest BCUT2D eigenvalue weighted by Gasteiger charge is -2.50. The minimum atomic E-state index is -0.976. The van der Waals surface area contributed by atoms with Crippen molar-refractivity contribution in [3.05, 3.63) is 29.8 Å². The SMILES string of the molecule is CC1COc2ccccc2C1(C(=O)O)N1CCN(C)CC1. The van der Waals surface area contributed by atoms with E-state index in [-0.39, 0.29) is 5.92 Å². The molecule has 1 N–H and O–H groups in total. The predicted molar refractivity (Wildman–Crippen MR) is 79.5 cm³/mol. The van der Waals surface area contributed by atoms with E-state index in [2.05, 4.69) is 16.8 Å². The Kier molecular flexibility index (Phi) is 3.63. The Hall–Kier alpha value is -1.59. The fraction of sp³-hybridized carbons (Fsp3) is 0.562. The van der Waals surface area contributed by atoms with Crippen molar-refractivity contribution in [1.29, 1.82) is 0 Å². The Labute approximate surface area is 125 Å². The second-order valence-corrected chi connectivity index (χ2v) is 6.07. The number of carbonyl (C=O) groups is 1. The maximum Gasteiger partial charge on any atom is 0.329 e. The first-order chi connectivity index (χ1) is 10.1. The van der Waals surface area contributed by atoms with E-state index < -0.39 is 11.5 Å². The number of rotatable bonds is 2. The van der Waals surface area contributed by atoms with Gasteiger partial charge in [0.2, 0.25) is 0 Å². The van der Waals surface area contributed by atoms with Crippen molar-refractivity contribution in [2.45, 2.75) is 12.5 Å². The molecule has 0 saturated carbocycles. The van der Waals surface area contributed by atoms with E-state index in [4.69, 9.17) is 4.74 Å². The van der Waals surface area contributed by atoms with E-state index >= 15 is 0 Å². The molecular weight excluding hydrogens is 268 g/mol. The largest absolute Gasteiger partial charge is 0.493 e. The second kappa shape index (κ2) is 5.31. The van der Waals surface area contributed by atoms with Gasteiger partial charge >= 0.3 is 5.97 Å². The number of carboxylic acid groups (broad SMARTS) is 1. The number of para-hydroxylation sites is 1. The van der Waals surface area contributed by atoms with Gasteiger partial charge < -0.3 is 14.7 Å². The Morgan fingerprint density at radius 3 is 2.62 bits per heavy atom. The molecule has 114 valence electrons. The third-order valence-electron chi connectivity index (χ3n) is 4.83. The molecule has 21 heavy (non-hydrogen) atoms. The Morgan fingerprint density at radius 1 is 1.29 bits per heavy atom. The van der Waals surface area contributed by atoms with Gasteiger partial charge in [-0.3, -0.25) is 4.90 Å². The van der Waals surface area contributed by atoms with Gasteiger partial charge in [-0.25, -0.2) is 4.79 Å². The summed E-state index contributed by atoms with van der Waals surface area (Å²) in [6.45, 7) is 5.73. The standard InChI is InChI=1S/C16H22N2O3/c1-12-11-21-14-6-4-3-5-13(14)16(12,15(19)20)18-9-7-17(2)8-10-18/h3-6,12H,7-11H2,1-2H3,(H,19,20). The van der Waals surface area contributed by atoms with Crippen molar-refractivity contribution in [2.24, 2.45) is 5.92 Å². The Bertz CT molecular complexity index is 540. The Morgan fingerprint density at radius 2 is 1.95 bits per heavy atom. The maximum atomic E-state index is 12.3. The van der Waals surface area contributed by atoms with Crippen LogP contribution in [0.1, 0.15) is 12.5 Å². The van der Waals surface area contributed by atoms with E-state index in [1.807, 2.05) is 31.2 Å². The zero-order valence-electron chi connectivity index (χ0n) is 12.6. The summed E-state index contributed by atoms with van der Waals surface area (Å²) in [5, 5.41) is 10.1. The van der Waals surface area contributed by atoms with Crippen LogP contribution in [0.5, 0.6) is 5.75 Å².